The summed E-state index contributed by atoms with van der Waals surface area (Å²) in [5, 5.41) is 0. The van der Waals surface area contributed by atoms with Crippen LogP contribution in [0.2, 0.25) is 0 Å². The zero-order valence-corrected chi connectivity index (χ0v) is 18.9. The minimum atomic E-state index is -3.70. The van der Waals surface area contributed by atoms with Crippen LogP contribution in [-0.4, -0.2) is 47.5 Å². The summed E-state index contributed by atoms with van der Waals surface area (Å²) in [4.78, 5) is 0. The van der Waals surface area contributed by atoms with Gasteiger partial charge in [0.05, 0.1) is 0 Å². The van der Waals surface area contributed by atoms with E-state index in [4.69, 9.17) is 12.3 Å². The van der Waals surface area contributed by atoms with Crippen LogP contribution in [0.25, 0.3) is 0 Å². The van der Waals surface area contributed by atoms with Gasteiger partial charge in [0.2, 0.25) is 0 Å². The van der Waals surface area contributed by atoms with Gasteiger partial charge in [-0.2, -0.15) is 0 Å². The Bertz CT molecular complexity index is 215. The molecule has 0 aromatic rings. The van der Waals surface area contributed by atoms with Gasteiger partial charge in [0.1, 0.15) is 0 Å². The Morgan fingerprint density at radius 2 is 0.870 bits per heavy atom. The van der Waals surface area contributed by atoms with E-state index in [1.54, 1.807) is 14.2 Å². The second-order valence-electron chi connectivity index (χ2n) is 6.14. The van der Waals surface area contributed by atoms with Crippen molar-refractivity contribution in [3.63, 3.8) is 0 Å². The molecule has 0 fully saturated rings. The summed E-state index contributed by atoms with van der Waals surface area (Å²) in [6.07, 6.45) is 15.0. The molecule has 0 bridgehead atoms. The van der Waals surface area contributed by atoms with E-state index in [-0.39, 0.29) is 0 Å². The molecule has 0 aromatic carbocycles. The summed E-state index contributed by atoms with van der Waals surface area (Å²) in [5.74, 6) is 0. The van der Waals surface area contributed by atoms with E-state index in [0.717, 1.165) is 12.8 Å². The summed E-state index contributed by atoms with van der Waals surface area (Å²) in [7, 11) is 3.31. The Labute approximate surface area is 150 Å². The van der Waals surface area contributed by atoms with Crippen LogP contribution < -0.4 is 0 Å². The fourth-order valence-corrected chi connectivity index (χ4v) is 6.83. The molecule has 0 unspecified atom stereocenters. The van der Waals surface area contributed by atoms with Crippen LogP contribution in [0.15, 0.2) is 0 Å². The van der Waals surface area contributed by atoms with E-state index < -0.39 is 20.0 Å². The number of unbranched alkanes of at least 4 members (excludes halogenated alkanes) is 10. The van der Waals surface area contributed by atoms with Gasteiger partial charge < -0.3 is 0 Å². The van der Waals surface area contributed by atoms with Gasteiger partial charge in [-0.05, 0) is 0 Å². The van der Waals surface area contributed by atoms with Crippen molar-refractivity contribution in [3.8, 4) is 0 Å². The Kier molecular flexibility index (Phi) is 17.9. The summed E-state index contributed by atoms with van der Waals surface area (Å²) < 4.78 is 22.9. The van der Waals surface area contributed by atoms with E-state index >= 15 is 0 Å². The molecular formula is C18H40O4Sn. The van der Waals surface area contributed by atoms with Crippen molar-refractivity contribution in [2.24, 2.45) is 0 Å². The Morgan fingerprint density at radius 3 is 1.22 bits per heavy atom. The quantitative estimate of drug-likeness (QED) is 0.210. The van der Waals surface area contributed by atoms with Crippen molar-refractivity contribution < 1.29 is 12.3 Å². The Morgan fingerprint density at radius 1 is 0.522 bits per heavy atom. The minimum absolute atomic E-state index is 0.695. The van der Waals surface area contributed by atoms with E-state index in [9.17, 15) is 0 Å². The third-order valence-electron chi connectivity index (χ3n) is 4.05. The number of rotatable bonds is 18. The Balaban J connectivity index is 3.74. The van der Waals surface area contributed by atoms with Crippen molar-refractivity contribution in [2.45, 2.75) is 90.9 Å². The summed E-state index contributed by atoms with van der Waals surface area (Å²) in [5.41, 5.74) is 0. The van der Waals surface area contributed by atoms with Crippen LogP contribution in [-0.2, 0) is 12.3 Å². The second kappa shape index (κ2) is 17.5. The van der Waals surface area contributed by atoms with Gasteiger partial charge in [-0.15, -0.1) is 0 Å². The number of hydrogen-bond acceptors (Lipinski definition) is 4. The zero-order valence-electron chi connectivity index (χ0n) is 16.0. The third kappa shape index (κ3) is 13.6. The van der Waals surface area contributed by atoms with Gasteiger partial charge >= 0.3 is 151 Å². The van der Waals surface area contributed by atoms with Crippen molar-refractivity contribution >= 4 is 20.0 Å². The molecule has 0 saturated heterocycles. The average molecular weight is 439 g/mol. The monoisotopic (exact) mass is 440 g/mol. The molecule has 0 aliphatic heterocycles. The van der Waals surface area contributed by atoms with Gasteiger partial charge in [0, 0.05) is 0 Å². The molecule has 0 aromatic heterocycles. The first-order valence-electron chi connectivity index (χ1n) is 9.62. The van der Waals surface area contributed by atoms with Crippen LogP contribution in [0, 0.1) is 0 Å². The van der Waals surface area contributed by atoms with Crippen molar-refractivity contribution in [2.75, 3.05) is 27.4 Å². The molecule has 0 radical (unpaired) electrons. The maximum atomic E-state index is 5.92. The summed E-state index contributed by atoms with van der Waals surface area (Å²) >= 11 is -3.70. The average Bonchev–Trinajstić information content (AvgIpc) is 2.58. The topological polar surface area (TPSA) is 36.9 Å². The molecule has 0 N–H and O–H groups in total. The SMILES string of the molecule is CCCCCCCC[O][Sn]([O]C)([O]C)[O]CCCCCCCC. The predicted molar refractivity (Wildman–Crippen MR) is 98.4 cm³/mol. The molecule has 0 saturated carbocycles. The van der Waals surface area contributed by atoms with Gasteiger partial charge in [-0.3, -0.25) is 0 Å². The van der Waals surface area contributed by atoms with E-state index in [0.29, 0.717) is 13.2 Å². The molecule has 4 nitrogen and oxygen atoms in total. The third-order valence-corrected chi connectivity index (χ3v) is 10.1. The molecule has 0 spiro atoms. The Hall–Kier alpha value is 0.639. The van der Waals surface area contributed by atoms with Gasteiger partial charge in [-0.1, -0.05) is 0 Å². The fraction of sp³-hybridized carbons (Fsp3) is 1.00. The van der Waals surface area contributed by atoms with Crippen LogP contribution in [0.5, 0.6) is 0 Å². The molecule has 0 aliphatic rings. The predicted octanol–water partition coefficient (Wildman–Crippen LogP) is 5.47. The van der Waals surface area contributed by atoms with Crippen molar-refractivity contribution in [1.82, 2.24) is 0 Å². The normalized spacial score (nSPS) is 12.0. The van der Waals surface area contributed by atoms with Crippen LogP contribution in [0.4, 0.5) is 0 Å². The van der Waals surface area contributed by atoms with Gasteiger partial charge in [-0.25, -0.2) is 0 Å². The van der Waals surface area contributed by atoms with Crippen molar-refractivity contribution in [3.05, 3.63) is 0 Å². The van der Waals surface area contributed by atoms with E-state index in [2.05, 4.69) is 13.8 Å². The molecule has 0 aliphatic carbocycles. The molecule has 0 amide bonds. The second-order valence-corrected chi connectivity index (χ2v) is 13.0. The van der Waals surface area contributed by atoms with Gasteiger partial charge in [0.25, 0.3) is 0 Å². The van der Waals surface area contributed by atoms with Crippen molar-refractivity contribution in [1.29, 1.82) is 0 Å². The van der Waals surface area contributed by atoms with Crippen LogP contribution >= 0.6 is 0 Å². The van der Waals surface area contributed by atoms with E-state index in [1.807, 2.05) is 0 Å². The van der Waals surface area contributed by atoms with Crippen LogP contribution in [0.3, 0.4) is 0 Å². The van der Waals surface area contributed by atoms with E-state index in [1.165, 1.54) is 64.2 Å². The van der Waals surface area contributed by atoms with Gasteiger partial charge in [0.15, 0.2) is 0 Å². The molecule has 140 valence electrons. The maximum absolute atomic E-state index is 5.92. The molecule has 0 rings (SSSR count). The molecule has 23 heavy (non-hydrogen) atoms. The first-order valence-corrected chi connectivity index (χ1v) is 14.3. The molecule has 5 heteroatoms. The summed E-state index contributed by atoms with van der Waals surface area (Å²) in [6.45, 7) is 5.87. The molecular weight excluding hydrogens is 399 g/mol. The number of hydrogen-bond donors (Lipinski definition) is 0. The first kappa shape index (κ1) is 23.6. The first-order chi connectivity index (χ1) is 11.2. The zero-order chi connectivity index (χ0) is 17.2. The molecule has 0 atom stereocenters. The van der Waals surface area contributed by atoms with Crippen LogP contribution in [0.1, 0.15) is 90.9 Å². The summed E-state index contributed by atoms with van der Waals surface area (Å²) in [6, 6.07) is 0. The standard InChI is InChI=1S/2C8H17O.2CH3O.Sn/c2*1-2-3-4-5-6-7-8-9;2*1-2;/h2*2-8H2,1H3;2*1H3;/q4*-1;+4. The fourth-order valence-electron chi connectivity index (χ4n) is 2.52. The molecule has 0 heterocycles.